The Morgan fingerprint density at radius 2 is 1.90 bits per heavy atom. The van der Waals surface area contributed by atoms with E-state index in [1.165, 1.54) is 6.07 Å². The van der Waals surface area contributed by atoms with Gasteiger partial charge >= 0.3 is 0 Å². The number of phenolic OH excluding ortho intramolecular Hbond substituents is 1. The van der Waals surface area contributed by atoms with Crippen LogP contribution in [0.2, 0.25) is 5.02 Å². The molecule has 0 saturated carbocycles. The van der Waals surface area contributed by atoms with Crippen LogP contribution in [0.3, 0.4) is 0 Å². The number of carbonyl (C=O) groups excluding carboxylic acids is 1. The molecule has 5 heteroatoms. The number of aromatic hydroxyl groups is 1. The average Bonchev–Trinajstić information content (AvgIpc) is 2.40. The molecule has 0 heterocycles. The van der Waals surface area contributed by atoms with E-state index in [1.807, 2.05) is 12.1 Å². The molecule has 3 nitrogen and oxygen atoms in total. The molecule has 104 valence electrons. The molecule has 0 radical (unpaired) electrons. The van der Waals surface area contributed by atoms with Gasteiger partial charge in [0.15, 0.2) is 0 Å². The van der Waals surface area contributed by atoms with Gasteiger partial charge in [-0.2, -0.15) is 0 Å². The third-order valence-corrected chi connectivity index (χ3v) is 3.62. The highest BCUT2D eigenvalue weighted by atomic mass is 79.9. The van der Waals surface area contributed by atoms with E-state index in [0.717, 1.165) is 10.0 Å². The lowest BCUT2D eigenvalue weighted by Gasteiger charge is -2.18. The fraction of sp³-hybridized carbons (Fsp3) is 0.133. The number of amides is 1. The molecule has 20 heavy (non-hydrogen) atoms. The molecule has 0 unspecified atom stereocenters. The molecule has 0 bridgehead atoms. The van der Waals surface area contributed by atoms with E-state index in [2.05, 4.69) is 15.9 Å². The zero-order valence-electron chi connectivity index (χ0n) is 10.8. The predicted octanol–water partition coefficient (Wildman–Crippen LogP) is 4.08. The summed E-state index contributed by atoms with van der Waals surface area (Å²) in [6, 6.07) is 12.1. The van der Waals surface area contributed by atoms with E-state index >= 15 is 0 Å². The molecule has 2 rings (SSSR count). The van der Waals surface area contributed by atoms with Gasteiger partial charge in [-0.15, -0.1) is 0 Å². The minimum absolute atomic E-state index is 0.0349. The summed E-state index contributed by atoms with van der Waals surface area (Å²) in [5.74, 6) is -0.266. The predicted molar refractivity (Wildman–Crippen MR) is 83.1 cm³/mol. The summed E-state index contributed by atoms with van der Waals surface area (Å²) in [5.41, 5.74) is 1.26. The molecule has 0 aromatic heterocycles. The number of hydrogen-bond acceptors (Lipinski definition) is 2. The fourth-order valence-electron chi connectivity index (χ4n) is 1.83. The van der Waals surface area contributed by atoms with Crippen LogP contribution in [-0.2, 0) is 6.54 Å². The van der Waals surface area contributed by atoms with Gasteiger partial charge in [-0.05, 0) is 35.9 Å². The molecule has 1 amide bonds. The van der Waals surface area contributed by atoms with Crippen LogP contribution in [0.15, 0.2) is 46.9 Å². The van der Waals surface area contributed by atoms with Crippen molar-refractivity contribution in [2.24, 2.45) is 0 Å². The zero-order valence-corrected chi connectivity index (χ0v) is 13.1. The summed E-state index contributed by atoms with van der Waals surface area (Å²) in [6.45, 7) is 0.450. The van der Waals surface area contributed by atoms with Crippen molar-refractivity contribution in [1.82, 2.24) is 4.90 Å². The first kappa shape index (κ1) is 14.9. The first-order valence-corrected chi connectivity index (χ1v) is 7.13. The van der Waals surface area contributed by atoms with Crippen molar-refractivity contribution in [2.45, 2.75) is 6.54 Å². The van der Waals surface area contributed by atoms with Crippen molar-refractivity contribution in [1.29, 1.82) is 0 Å². The van der Waals surface area contributed by atoms with E-state index in [0.29, 0.717) is 11.6 Å². The number of nitrogens with zero attached hydrogens (tertiary/aromatic N) is 1. The molecule has 0 spiro atoms. The average molecular weight is 355 g/mol. The van der Waals surface area contributed by atoms with Crippen LogP contribution >= 0.6 is 27.5 Å². The minimum Gasteiger partial charge on any atom is -0.507 e. The van der Waals surface area contributed by atoms with Crippen LogP contribution in [0.5, 0.6) is 5.75 Å². The number of hydrogen-bond donors (Lipinski definition) is 1. The first-order chi connectivity index (χ1) is 9.47. The normalized spacial score (nSPS) is 10.3. The molecule has 0 aliphatic rings. The van der Waals surface area contributed by atoms with Crippen molar-refractivity contribution in [3.63, 3.8) is 0 Å². The maximum atomic E-state index is 12.3. The largest absolute Gasteiger partial charge is 0.507 e. The number of halogens is 2. The van der Waals surface area contributed by atoms with E-state index in [1.54, 1.807) is 36.2 Å². The van der Waals surface area contributed by atoms with Crippen LogP contribution in [-0.4, -0.2) is 23.0 Å². The Bertz CT molecular complexity index is 628. The summed E-state index contributed by atoms with van der Waals surface area (Å²) < 4.78 is 0.729. The van der Waals surface area contributed by atoms with Crippen LogP contribution in [0.1, 0.15) is 15.9 Å². The Morgan fingerprint density at radius 3 is 2.50 bits per heavy atom. The van der Waals surface area contributed by atoms with Crippen LogP contribution < -0.4 is 0 Å². The van der Waals surface area contributed by atoms with Gasteiger partial charge in [0.05, 0.1) is 5.56 Å². The molecule has 0 aliphatic carbocycles. The molecular formula is C15H13BrClNO2. The van der Waals surface area contributed by atoms with Gasteiger partial charge in [0, 0.05) is 23.1 Å². The van der Waals surface area contributed by atoms with Crippen molar-refractivity contribution >= 4 is 33.4 Å². The highest BCUT2D eigenvalue weighted by molar-refractivity contribution is 9.10. The smallest absolute Gasteiger partial charge is 0.257 e. The molecular weight excluding hydrogens is 342 g/mol. The van der Waals surface area contributed by atoms with Gasteiger partial charge in [0.2, 0.25) is 0 Å². The number of carbonyl (C=O) groups is 1. The topological polar surface area (TPSA) is 40.5 Å². The number of rotatable bonds is 3. The van der Waals surface area contributed by atoms with Crippen LogP contribution in [0, 0.1) is 0 Å². The quantitative estimate of drug-likeness (QED) is 0.902. The highest BCUT2D eigenvalue weighted by Crippen LogP contribution is 2.23. The maximum absolute atomic E-state index is 12.3. The molecule has 0 atom stereocenters. The van der Waals surface area contributed by atoms with Crippen molar-refractivity contribution in [3.8, 4) is 5.75 Å². The van der Waals surface area contributed by atoms with E-state index in [9.17, 15) is 9.90 Å². The molecule has 2 aromatic rings. The summed E-state index contributed by atoms with van der Waals surface area (Å²) >= 11 is 9.07. The third kappa shape index (κ3) is 3.52. The van der Waals surface area contributed by atoms with Gasteiger partial charge in [-0.1, -0.05) is 39.7 Å². The Labute approximate surface area is 130 Å². The Balaban J connectivity index is 2.14. The Kier molecular flexibility index (Phi) is 4.68. The molecule has 1 N–H and O–H groups in total. The van der Waals surface area contributed by atoms with Gasteiger partial charge in [-0.25, -0.2) is 0 Å². The van der Waals surface area contributed by atoms with Crippen molar-refractivity contribution in [2.75, 3.05) is 7.05 Å². The zero-order chi connectivity index (χ0) is 14.7. The second-order valence-electron chi connectivity index (χ2n) is 4.45. The van der Waals surface area contributed by atoms with Gasteiger partial charge in [0.1, 0.15) is 5.75 Å². The van der Waals surface area contributed by atoms with Crippen molar-refractivity contribution < 1.29 is 9.90 Å². The minimum atomic E-state index is -0.232. The van der Waals surface area contributed by atoms with E-state index in [4.69, 9.17) is 11.6 Å². The lowest BCUT2D eigenvalue weighted by molar-refractivity contribution is 0.0782. The van der Waals surface area contributed by atoms with E-state index < -0.39 is 0 Å². The SMILES string of the molecule is CN(Cc1ccc(Cl)cc1)C(=O)c1ccc(Br)cc1O. The van der Waals surface area contributed by atoms with E-state index in [-0.39, 0.29) is 17.2 Å². The van der Waals surface area contributed by atoms with Crippen molar-refractivity contribution in [3.05, 3.63) is 63.1 Å². The number of phenols is 1. The molecule has 0 fully saturated rings. The molecule has 2 aromatic carbocycles. The first-order valence-electron chi connectivity index (χ1n) is 5.96. The second-order valence-corrected chi connectivity index (χ2v) is 5.80. The summed E-state index contributed by atoms with van der Waals surface area (Å²) in [5, 5.41) is 10.5. The van der Waals surface area contributed by atoms with Gasteiger partial charge < -0.3 is 10.0 Å². The summed E-state index contributed by atoms with van der Waals surface area (Å²) in [7, 11) is 1.69. The Morgan fingerprint density at radius 1 is 1.25 bits per heavy atom. The van der Waals surface area contributed by atoms with Gasteiger partial charge in [-0.3, -0.25) is 4.79 Å². The van der Waals surface area contributed by atoms with Crippen LogP contribution in [0.25, 0.3) is 0 Å². The fourth-order valence-corrected chi connectivity index (χ4v) is 2.30. The maximum Gasteiger partial charge on any atom is 0.257 e. The third-order valence-electron chi connectivity index (χ3n) is 2.87. The summed E-state index contributed by atoms with van der Waals surface area (Å²) in [6.07, 6.45) is 0. The summed E-state index contributed by atoms with van der Waals surface area (Å²) in [4.78, 5) is 13.8. The molecule has 0 aliphatic heterocycles. The van der Waals surface area contributed by atoms with Crippen LogP contribution in [0.4, 0.5) is 0 Å². The lowest BCUT2D eigenvalue weighted by atomic mass is 10.1. The standard InChI is InChI=1S/C15H13BrClNO2/c1-18(9-10-2-5-12(17)6-3-10)15(20)13-7-4-11(16)8-14(13)19/h2-8,19H,9H2,1H3. The number of benzene rings is 2. The Hall–Kier alpha value is -1.52. The highest BCUT2D eigenvalue weighted by Gasteiger charge is 2.16. The van der Waals surface area contributed by atoms with Gasteiger partial charge in [0.25, 0.3) is 5.91 Å². The lowest BCUT2D eigenvalue weighted by Crippen LogP contribution is -2.26. The molecule has 0 saturated heterocycles. The second kappa shape index (κ2) is 6.29. The monoisotopic (exact) mass is 353 g/mol.